The molecular weight excluding hydrogens is 493 g/mol. The molecule has 0 atom stereocenters. The molecule has 0 aromatic carbocycles. The maximum atomic E-state index is 9.30. The van der Waals surface area contributed by atoms with Gasteiger partial charge < -0.3 is 52.9 Å². The molecule has 0 heterocycles. The summed E-state index contributed by atoms with van der Waals surface area (Å²) in [6.07, 6.45) is 3.82. The van der Waals surface area contributed by atoms with E-state index >= 15 is 0 Å². The predicted molar refractivity (Wildman–Crippen MR) is 79.2 cm³/mol. The van der Waals surface area contributed by atoms with Gasteiger partial charge in [0.15, 0.2) is 0 Å². The van der Waals surface area contributed by atoms with Gasteiger partial charge in [0.1, 0.15) is 0 Å². The molecule has 0 bridgehead atoms. The molecule has 0 saturated heterocycles. The molecule has 3 radical (unpaired) electrons. The molecule has 0 aliphatic heterocycles. The maximum absolute atomic E-state index is 9.30. The first-order chi connectivity index (χ1) is 9.57. The van der Waals surface area contributed by atoms with E-state index in [9.17, 15) is 25.5 Å². The zero-order valence-corrected chi connectivity index (χ0v) is 21.7. The van der Waals surface area contributed by atoms with Crippen molar-refractivity contribution >= 4 is 0 Å². The summed E-state index contributed by atoms with van der Waals surface area (Å²) < 4.78 is 0. The Balaban J connectivity index is -0.00000000852. The van der Waals surface area contributed by atoms with Crippen molar-refractivity contribution in [2.75, 3.05) is 33.0 Å². The van der Waals surface area contributed by atoms with Crippen molar-refractivity contribution in [2.45, 2.75) is 66.7 Å². The summed E-state index contributed by atoms with van der Waals surface area (Å²) in [5, 5.41) is 46.5. The second-order valence-electron chi connectivity index (χ2n) is 3.52. The molecule has 0 aliphatic rings. The van der Waals surface area contributed by atoms with Crippen molar-refractivity contribution in [2.24, 2.45) is 0 Å². The Kier molecular flexibility index (Phi) is 519. The second kappa shape index (κ2) is 165. The van der Waals surface area contributed by atoms with Crippen molar-refractivity contribution in [3.8, 4) is 0 Å². The van der Waals surface area contributed by atoms with E-state index in [1.54, 1.807) is 0 Å². The van der Waals surface area contributed by atoms with Crippen molar-refractivity contribution in [1.29, 1.82) is 0 Å². The molecule has 13 heteroatoms. The minimum absolute atomic E-state index is 0. The van der Waals surface area contributed by atoms with Gasteiger partial charge >= 0.3 is 0 Å². The van der Waals surface area contributed by atoms with Crippen LogP contribution in [0.3, 0.4) is 0 Å². The monoisotopic (exact) mass is 528 g/mol. The first-order valence-electron chi connectivity index (χ1n) is 7.48. The normalized spacial score (nSPS) is 5.36. The maximum Gasteiger partial charge on any atom is 0 e. The molecule has 0 N–H and O–H groups in total. The van der Waals surface area contributed by atoms with Gasteiger partial charge in [-0.05, 0) is 0 Å². The first-order valence-corrected chi connectivity index (χ1v) is 7.48. The molecule has 28 heavy (non-hydrogen) atoms. The fourth-order valence-electron chi connectivity index (χ4n) is 0. The molecule has 0 aromatic heterocycles. The van der Waals surface area contributed by atoms with Crippen LogP contribution in [0, 0.1) is 0 Å². The minimum atomic E-state index is 0. The Morgan fingerprint density at radius 2 is 0.357 bits per heavy atom. The van der Waals surface area contributed by atoms with E-state index < -0.39 is 0 Å². The molecular formula is C15H35O10V3-15. The summed E-state index contributed by atoms with van der Waals surface area (Å²) in [6, 6.07) is 0. The molecule has 0 spiro atoms. The van der Waals surface area contributed by atoms with Gasteiger partial charge in [-0.25, -0.2) is 0 Å². The summed E-state index contributed by atoms with van der Waals surface area (Å²) in [5.74, 6) is 0. The Hall–Kier alpha value is 1.35. The van der Waals surface area contributed by atoms with E-state index in [0.29, 0.717) is 0 Å². The van der Waals surface area contributed by atoms with Crippen LogP contribution in [0.4, 0.5) is 0 Å². The summed E-state index contributed by atoms with van der Waals surface area (Å²) in [7, 11) is 0. The predicted octanol–water partition coefficient (Wildman–Crippen LogP) is -1.82. The van der Waals surface area contributed by atoms with Gasteiger partial charge in [-0.2, -0.15) is 0 Å². The fraction of sp³-hybridized carbons (Fsp3) is 1.00. The van der Waals surface area contributed by atoms with Gasteiger partial charge in [0, 0.05) is 55.7 Å². The third-order valence-corrected chi connectivity index (χ3v) is 1.02. The van der Waals surface area contributed by atoms with E-state index in [-0.39, 0.29) is 116 Å². The average molecular weight is 528 g/mol. The van der Waals surface area contributed by atoms with Crippen molar-refractivity contribution in [1.82, 2.24) is 0 Å². The van der Waals surface area contributed by atoms with Crippen LogP contribution in [-0.2, 0) is 83.0 Å². The van der Waals surface area contributed by atoms with Crippen LogP contribution in [0.1, 0.15) is 66.7 Å². The van der Waals surface area contributed by atoms with Gasteiger partial charge in [-0.1, -0.05) is 66.7 Å². The quantitative estimate of drug-likeness (QED) is 0.398. The average Bonchev–Trinajstić information content (AvgIpc) is 2.55. The SMILES string of the molecule is CCC[O-].CCC[O-].CCC[O-].CCC[O-].CCC[O-].[O-2].[O-2].[O-2].[O-2].[O-2].[V].[V].[V]. The van der Waals surface area contributed by atoms with Crippen LogP contribution in [-0.4, -0.2) is 33.0 Å². The zero-order valence-electron chi connectivity index (χ0n) is 17.5. The van der Waals surface area contributed by atoms with E-state index in [2.05, 4.69) is 0 Å². The van der Waals surface area contributed by atoms with Crippen LogP contribution in [0.15, 0.2) is 0 Å². The number of hydrogen-bond donors (Lipinski definition) is 0. The van der Waals surface area contributed by atoms with Crippen LogP contribution < -0.4 is 25.5 Å². The van der Waals surface area contributed by atoms with Gasteiger partial charge in [0.2, 0.25) is 0 Å². The smallest absolute Gasteiger partial charge is 0 e. The molecule has 10 nitrogen and oxygen atoms in total. The summed E-state index contributed by atoms with van der Waals surface area (Å²) in [4.78, 5) is 0. The minimum Gasteiger partial charge on any atom is -2.00 e. The largest absolute Gasteiger partial charge is 2.00 e. The zero-order chi connectivity index (χ0) is 17.1. The van der Waals surface area contributed by atoms with Crippen molar-refractivity contribution in [3.63, 3.8) is 0 Å². The summed E-state index contributed by atoms with van der Waals surface area (Å²) in [5.41, 5.74) is 0. The van der Waals surface area contributed by atoms with Crippen LogP contribution in [0.2, 0.25) is 0 Å². The van der Waals surface area contributed by atoms with E-state index in [1.807, 2.05) is 34.6 Å². The number of rotatable bonds is 5. The van der Waals surface area contributed by atoms with E-state index in [4.69, 9.17) is 0 Å². The first kappa shape index (κ1) is 88.2. The molecule has 0 fully saturated rings. The van der Waals surface area contributed by atoms with Gasteiger partial charge in [0.25, 0.3) is 0 Å². The van der Waals surface area contributed by atoms with E-state index in [0.717, 1.165) is 32.1 Å². The van der Waals surface area contributed by atoms with Crippen LogP contribution in [0.25, 0.3) is 0 Å². The molecule has 185 valence electrons. The Morgan fingerprint density at radius 3 is 0.357 bits per heavy atom. The van der Waals surface area contributed by atoms with Crippen LogP contribution >= 0.6 is 0 Å². The van der Waals surface area contributed by atoms with Crippen LogP contribution in [0.5, 0.6) is 0 Å². The Morgan fingerprint density at radius 1 is 0.321 bits per heavy atom. The van der Waals surface area contributed by atoms with Gasteiger partial charge in [-0.15, -0.1) is 33.0 Å². The molecule has 0 saturated carbocycles. The van der Waals surface area contributed by atoms with Crippen molar-refractivity contribution < 1.29 is 109 Å². The molecule has 0 rings (SSSR count). The molecule has 0 amide bonds. The topological polar surface area (TPSA) is 258 Å². The van der Waals surface area contributed by atoms with Crippen molar-refractivity contribution in [3.05, 3.63) is 0 Å². The number of hydrogen-bond acceptors (Lipinski definition) is 5. The Labute approximate surface area is 207 Å². The Bertz CT molecular complexity index is 71.2. The fourth-order valence-corrected chi connectivity index (χ4v) is 0. The van der Waals surface area contributed by atoms with Gasteiger partial charge in [-0.3, -0.25) is 0 Å². The molecule has 0 aromatic rings. The van der Waals surface area contributed by atoms with E-state index in [1.165, 1.54) is 0 Å². The van der Waals surface area contributed by atoms with Gasteiger partial charge in [0.05, 0.1) is 0 Å². The third-order valence-electron chi connectivity index (χ3n) is 1.02. The summed E-state index contributed by atoms with van der Waals surface area (Å²) >= 11 is 0. The second-order valence-corrected chi connectivity index (χ2v) is 3.52. The third kappa shape index (κ3) is 471. The summed E-state index contributed by atoms with van der Waals surface area (Å²) in [6.45, 7) is 9.69. The standard InChI is InChI=1S/5C3H7O.5O.3V/c5*1-2-3-4;;;;;;;;/h5*2-3H2,1H3;;;;;;;;/q5*-1;5*-2;;;. The molecule has 0 unspecified atom stereocenters. The molecule has 0 aliphatic carbocycles.